The Labute approximate surface area is 139 Å². The third-order valence-electron chi connectivity index (χ3n) is 2.96. The second-order valence-electron chi connectivity index (χ2n) is 4.53. The molecule has 21 heavy (non-hydrogen) atoms. The fraction of sp³-hybridized carbons (Fsp3) is 0.417. The Hall–Kier alpha value is -0.440. The van der Waals surface area contributed by atoms with Crippen molar-refractivity contribution < 1.29 is 17.4 Å². The molecule has 2 unspecified atom stereocenters. The van der Waals surface area contributed by atoms with Crippen LogP contribution in [0.25, 0.3) is 0 Å². The Morgan fingerprint density at radius 3 is 2.52 bits per heavy atom. The number of hydrogen-bond acceptors (Lipinski definition) is 4. The molecular formula is C12H15BrClNO4S2. The lowest BCUT2D eigenvalue weighted by molar-refractivity contribution is 0.0953. The highest BCUT2D eigenvalue weighted by atomic mass is 79.9. The van der Waals surface area contributed by atoms with Crippen molar-refractivity contribution in [2.24, 2.45) is 0 Å². The maximum absolute atomic E-state index is 12.2. The van der Waals surface area contributed by atoms with Gasteiger partial charge in [-0.05, 0) is 31.5 Å². The molecule has 0 fully saturated rings. The highest BCUT2D eigenvalue weighted by molar-refractivity contribution is 9.10. The minimum absolute atomic E-state index is 0.154. The third kappa shape index (κ3) is 5.05. The first kappa shape index (κ1) is 18.6. The molecule has 1 aromatic carbocycles. The Kier molecular flexibility index (Phi) is 6.39. The van der Waals surface area contributed by atoms with E-state index in [1.807, 2.05) is 0 Å². The van der Waals surface area contributed by atoms with Crippen molar-refractivity contribution in [2.45, 2.75) is 24.0 Å². The van der Waals surface area contributed by atoms with E-state index in [1.54, 1.807) is 20.1 Å². The smallest absolute Gasteiger partial charge is 0.261 e. The van der Waals surface area contributed by atoms with Crippen molar-refractivity contribution in [3.05, 3.63) is 27.7 Å². The summed E-state index contributed by atoms with van der Waals surface area (Å²) >= 11 is 3.21. The number of benzene rings is 1. The Bertz CT molecular complexity index is 691. The van der Waals surface area contributed by atoms with Crippen molar-refractivity contribution in [1.29, 1.82) is 0 Å². The van der Waals surface area contributed by atoms with Crippen molar-refractivity contribution >= 4 is 52.4 Å². The van der Waals surface area contributed by atoms with Crippen LogP contribution >= 0.6 is 26.6 Å². The van der Waals surface area contributed by atoms with Crippen LogP contribution in [0.15, 0.2) is 21.5 Å². The average Bonchev–Trinajstić information content (AvgIpc) is 2.37. The van der Waals surface area contributed by atoms with Crippen LogP contribution in [-0.4, -0.2) is 36.6 Å². The Balaban J connectivity index is 3.09. The summed E-state index contributed by atoms with van der Waals surface area (Å²) in [4.78, 5) is 12.0. The second kappa shape index (κ2) is 7.21. The standard InChI is InChI=1S/C12H15BrClNO4S2/c1-7(20(3)17)6-15-12(16)10-4-9(21(14,18)19)5-11(13)8(10)2/h4-5,7H,6H2,1-3H3,(H,15,16). The minimum atomic E-state index is -3.93. The maximum atomic E-state index is 12.2. The first-order chi connectivity index (χ1) is 9.54. The molecule has 1 aromatic rings. The topological polar surface area (TPSA) is 80.3 Å². The van der Waals surface area contributed by atoms with E-state index in [0.717, 1.165) is 0 Å². The van der Waals surface area contributed by atoms with Gasteiger partial charge in [-0.25, -0.2) is 8.42 Å². The summed E-state index contributed by atoms with van der Waals surface area (Å²) in [6, 6.07) is 2.57. The molecule has 0 heterocycles. The fourth-order valence-electron chi connectivity index (χ4n) is 1.48. The monoisotopic (exact) mass is 415 g/mol. The van der Waals surface area contributed by atoms with Crippen molar-refractivity contribution in [2.75, 3.05) is 12.8 Å². The maximum Gasteiger partial charge on any atom is 0.261 e. The molecule has 0 aromatic heterocycles. The lowest BCUT2D eigenvalue weighted by atomic mass is 10.1. The molecule has 1 N–H and O–H groups in total. The zero-order valence-electron chi connectivity index (χ0n) is 11.6. The third-order valence-corrected chi connectivity index (χ3v) is 6.42. The summed E-state index contributed by atoms with van der Waals surface area (Å²) in [5.74, 6) is -0.437. The molecule has 118 valence electrons. The van der Waals surface area contributed by atoms with Crippen LogP contribution < -0.4 is 5.32 Å². The van der Waals surface area contributed by atoms with Gasteiger partial charge in [-0.2, -0.15) is 0 Å². The van der Waals surface area contributed by atoms with Crippen LogP contribution in [0.3, 0.4) is 0 Å². The summed E-state index contributed by atoms with van der Waals surface area (Å²) in [6.07, 6.45) is 1.55. The predicted octanol–water partition coefficient (Wildman–Crippen LogP) is 2.18. The predicted molar refractivity (Wildman–Crippen MR) is 87.8 cm³/mol. The van der Waals surface area contributed by atoms with Gasteiger partial charge in [0.05, 0.1) is 4.90 Å². The summed E-state index contributed by atoms with van der Waals surface area (Å²) in [5, 5.41) is 2.44. The Morgan fingerprint density at radius 1 is 1.48 bits per heavy atom. The zero-order valence-corrected chi connectivity index (χ0v) is 15.6. The quantitative estimate of drug-likeness (QED) is 0.746. The normalized spacial score (nSPS) is 14.5. The fourth-order valence-corrected chi connectivity index (χ4v) is 3.19. The first-order valence-electron chi connectivity index (χ1n) is 5.89. The van der Waals surface area contributed by atoms with E-state index in [2.05, 4.69) is 21.2 Å². The van der Waals surface area contributed by atoms with Gasteiger partial charge >= 0.3 is 0 Å². The number of hydrogen-bond donors (Lipinski definition) is 1. The number of rotatable bonds is 5. The highest BCUT2D eigenvalue weighted by Crippen LogP contribution is 2.26. The largest absolute Gasteiger partial charge is 0.351 e. The summed E-state index contributed by atoms with van der Waals surface area (Å²) in [7, 11) is 0.327. The van der Waals surface area contributed by atoms with E-state index in [4.69, 9.17) is 10.7 Å². The number of halogens is 2. The van der Waals surface area contributed by atoms with Gasteiger partial charge in [0.25, 0.3) is 15.0 Å². The van der Waals surface area contributed by atoms with Gasteiger partial charge in [-0.3, -0.25) is 9.00 Å². The molecule has 1 rings (SSSR count). The van der Waals surface area contributed by atoms with Crippen molar-refractivity contribution in [3.8, 4) is 0 Å². The summed E-state index contributed by atoms with van der Waals surface area (Å²) in [5.41, 5.74) is 0.805. The molecule has 0 aliphatic carbocycles. The molecule has 5 nitrogen and oxygen atoms in total. The van der Waals surface area contributed by atoms with Gasteiger partial charge in [-0.15, -0.1) is 0 Å². The molecule has 0 saturated heterocycles. The SMILES string of the molecule is Cc1c(Br)cc(S(=O)(=O)Cl)cc1C(=O)NCC(C)S(C)=O. The highest BCUT2D eigenvalue weighted by Gasteiger charge is 2.19. The molecule has 0 saturated carbocycles. The summed E-state index contributed by atoms with van der Waals surface area (Å²) < 4.78 is 34.5. The van der Waals surface area contributed by atoms with E-state index >= 15 is 0 Å². The number of amides is 1. The first-order valence-corrected chi connectivity index (χ1v) is 10.6. The van der Waals surface area contributed by atoms with Gasteiger partial charge in [0.1, 0.15) is 0 Å². The van der Waals surface area contributed by atoms with Crippen molar-refractivity contribution in [3.63, 3.8) is 0 Å². The van der Waals surface area contributed by atoms with E-state index in [1.165, 1.54) is 12.1 Å². The number of carbonyl (C=O) groups excluding carboxylic acids is 1. The lowest BCUT2D eigenvalue weighted by Gasteiger charge is -2.13. The summed E-state index contributed by atoms with van der Waals surface area (Å²) in [6.45, 7) is 3.67. The number of nitrogens with one attached hydrogen (secondary N) is 1. The molecule has 2 atom stereocenters. The lowest BCUT2D eigenvalue weighted by Crippen LogP contribution is -2.33. The molecule has 0 aliphatic heterocycles. The average molecular weight is 417 g/mol. The minimum Gasteiger partial charge on any atom is -0.351 e. The van der Waals surface area contributed by atoms with Gasteiger partial charge in [-0.1, -0.05) is 15.9 Å². The molecule has 0 aliphatic rings. The molecule has 0 bridgehead atoms. The van der Waals surface area contributed by atoms with E-state index in [0.29, 0.717) is 10.0 Å². The van der Waals surface area contributed by atoms with Gasteiger partial charge < -0.3 is 5.32 Å². The van der Waals surface area contributed by atoms with Gasteiger partial charge in [0.2, 0.25) is 0 Å². The van der Waals surface area contributed by atoms with E-state index in [-0.39, 0.29) is 22.3 Å². The molecular weight excluding hydrogens is 402 g/mol. The van der Waals surface area contributed by atoms with Crippen LogP contribution in [0.5, 0.6) is 0 Å². The van der Waals surface area contributed by atoms with Crippen LogP contribution in [-0.2, 0) is 19.9 Å². The Morgan fingerprint density at radius 2 is 2.05 bits per heavy atom. The van der Waals surface area contributed by atoms with Crippen molar-refractivity contribution in [1.82, 2.24) is 5.32 Å². The van der Waals surface area contributed by atoms with Crippen LogP contribution in [0, 0.1) is 6.92 Å². The van der Waals surface area contributed by atoms with Gasteiger partial charge in [0, 0.05) is 49.6 Å². The van der Waals surface area contributed by atoms with Crippen LogP contribution in [0.2, 0.25) is 0 Å². The molecule has 9 heteroatoms. The number of carbonyl (C=O) groups is 1. The molecule has 1 amide bonds. The van der Waals surface area contributed by atoms with E-state index in [9.17, 15) is 17.4 Å². The second-order valence-corrected chi connectivity index (χ2v) is 9.76. The van der Waals surface area contributed by atoms with Gasteiger partial charge in [0.15, 0.2) is 0 Å². The molecule has 0 radical (unpaired) electrons. The van der Waals surface area contributed by atoms with Crippen LogP contribution in [0.1, 0.15) is 22.8 Å². The molecule has 0 spiro atoms. The zero-order chi connectivity index (χ0) is 16.4. The van der Waals surface area contributed by atoms with E-state index < -0.39 is 25.8 Å². The van der Waals surface area contributed by atoms with Crippen LogP contribution in [0.4, 0.5) is 0 Å².